The van der Waals surface area contributed by atoms with E-state index < -0.39 is 17.2 Å². The largest absolute Gasteiger partial charge is 0.481 e. The van der Waals surface area contributed by atoms with Gasteiger partial charge in [0.15, 0.2) is 0 Å². The van der Waals surface area contributed by atoms with Gasteiger partial charge < -0.3 is 10.4 Å². The van der Waals surface area contributed by atoms with Gasteiger partial charge in [0.05, 0.1) is 11.8 Å². The maximum atomic E-state index is 13.3. The fourth-order valence-corrected chi connectivity index (χ4v) is 1.50. The van der Waals surface area contributed by atoms with Crippen molar-refractivity contribution in [2.45, 2.75) is 26.7 Å². The first kappa shape index (κ1) is 15.1. The van der Waals surface area contributed by atoms with Crippen molar-refractivity contribution in [2.75, 3.05) is 6.54 Å². The molecule has 0 aromatic heterocycles. The van der Waals surface area contributed by atoms with Gasteiger partial charge in [-0.05, 0) is 31.9 Å². The fraction of sp³-hybridized carbons (Fsp3) is 0.429. The number of hydrogen-bond acceptors (Lipinski definition) is 2. The van der Waals surface area contributed by atoms with Gasteiger partial charge in [0.1, 0.15) is 5.82 Å². The van der Waals surface area contributed by atoms with Crippen molar-refractivity contribution in [3.63, 3.8) is 0 Å². The molecule has 0 aliphatic heterocycles. The first-order chi connectivity index (χ1) is 8.83. The van der Waals surface area contributed by atoms with Crippen LogP contribution in [0.15, 0.2) is 24.3 Å². The average Bonchev–Trinajstić information content (AvgIpc) is 2.31. The molecule has 5 heteroatoms. The van der Waals surface area contributed by atoms with E-state index in [1.165, 1.54) is 6.07 Å². The number of nitrogens with one attached hydrogen (secondary N) is 1. The van der Waals surface area contributed by atoms with E-state index in [2.05, 4.69) is 5.32 Å². The van der Waals surface area contributed by atoms with Crippen molar-refractivity contribution < 1.29 is 19.1 Å². The van der Waals surface area contributed by atoms with Crippen molar-refractivity contribution in [1.29, 1.82) is 0 Å². The maximum Gasteiger partial charge on any atom is 0.309 e. The summed E-state index contributed by atoms with van der Waals surface area (Å²) >= 11 is 0. The van der Waals surface area contributed by atoms with Gasteiger partial charge in [-0.15, -0.1) is 0 Å². The Morgan fingerprint density at radius 1 is 1.32 bits per heavy atom. The summed E-state index contributed by atoms with van der Waals surface area (Å²) in [4.78, 5) is 22.5. The van der Waals surface area contributed by atoms with Gasteiger partial charge in [0.2, 0.25) is 5.91 Å². The maximum absolute atomic E-state index is 13.3. The molecule has 0 saturated heterocycles. The standard InChI is InChI=1S/C14H18FNO3/c1-14(2,13(18)19)7-8-16-12(17)9-10-5-3-4-6-11(10)15/h3-6H,7-9H2,1-2H3,(H,16,17)(H,18,19). The van der Waals surface area contributed by atoms with Gasteiger partial charge in [-0.3, -0.25) is 9.59 Å². The van der Waals surface area contributed by atoms with Gasteiger partial charge >= 0.3 is 5.97 Å². The molecule has 2 N–H and O–H groups in total. The van der Waals surface area contributed by atoms with Crippen molar-refractivity contribution >= 4 is 11.9 Å². The Balaban J connectivity index is 2.41. The molecule has 0 fully saturated rings. The predicted octanol–water partition coefficient (Wildman–Crippen LogP) is 1.99. The van der Waals surface area contributed by atoms with Crippen LogP contribution in [0.1, 0.15) is 25.8 Å². The first-order valence-electron chi connectivity index (χ1n) is 6.06. The quantitative estimate of drug-likeness (QED) is 0.828. The van der Waals surface area contributed by atoms with Crippen molar-refractivity contribution in [3.05, 3.63) is 35.6 Å². The third-order valence-electron chi connectivity index (χ3n) is 2.96. The molecule has 0 saturated carbocycles. The van der Waals surface area contributed by atoms with E-state index >= 15 is 0 Å². The Kier molecular flexibility index (Phi) is 5.03. The molecule has 104 valence electrons. The number of carboxylic acids is 1. The number of rotatable bonds is 6. The topological polar surface area (TPSA) is 66.4 Å². The normalized spacial score (nSPS) is 11.1. The second kappa shape index (κ2) is 6.31. The second-order valence-electron chi connectivity index (χ2n) is 5.06. The number of carbonyl (C=O) groups is 2. The minimum atomic E-state index is -0.907. The molecule has 0 heterocycles. The van der Waals surface area contributed by atoms with Crippen LogP contribution in [-0.4, -0.2) is 23.5 Å². The summed E-state index contributed by atoms with van der Waals surface area (Å²) in [6, 6.07) is 6.08. The minimum Gasteiger partial charge on any atom is -0.481 e. The highest BCUT2D eigenvalue weighted by Gasteiger charge is 2.26. The number of halogens is 1. The smallest absolute Gasteiger partial charge is 0.309 e. The highest BCUT2D eigenvalue weighted by Crippen LogP contribution is 2.19. The van der Waals surface area contributed by atoms with Crippen molar-refractivity contribution in [1.82, 2.24) is 5.32 Å². The fourth-order valence-electron chi connectivity index (χ4n) is 1.50. The summed E-state index contributed by atoms with van der Waals surface area (Å²) in [5, 5.41) is 11.5. The second-order valence-corrected chi connectivity index (χ2v) is 5.06. The van der Waals surface area contributed by atoms with Gasteiger partial charge in [-0.2, -0.15) is 0 Å². The molecule has 0 radical (unpaired) electrons. The van der Waals surface area contributed by atoms with Crippen LogP contribution in [0.25, 0.3) is 0 Å². The average molecular weight is 267 g/mol. The predicted molar refractivity (Wildman–Crippen MR) is 69.1 cm³/mol. The number of benzene rings is 1. The van der Waals surface area contributed by atoms with E-state index in [4.69, 9.17) is 5.11 Å². The Labute approximate surface area is 111 Å². The Hall–Kier alpha value is -1.91. The van der Waals surface area contributed by atoms with E-state index in [1.54, 1.807) is 32.0 Å². The molecular formula is C14H18FNO3. The third-order valence-corrected chi connectivity index (χ3v) is 2.96. The van der Waals surface area contributed by atoms with Crippen LogP contribution in [0.4, 0.5) is 4.39 Å². The molecule has 1 aromatic carbocycles. The molecule has 19 heavy (non-hydrogen) atoms. The van der Waals surface area contributed by atoms with Crippen LogP contribution in [0, 0.1) is 11.2 Å². The molecule has 0 aliphatic rings. The molecule has 0 spiro atoms. The summed E-state index contributed by atoms with van der Waals surface area (Å²) in [7, 11) is 0. The lowest BCUT2D eigenvalue weighted by atomic mass is 9.90. The lowest BCUT2D eigenvalue weighted by molar-refractivity contribution is -0.147. The number of amides is 1. The van der Waals surface area contributed by atoms with Crippen LogP contribution >= 0.6 is 0 Å². The van der Waals surface area contributed by atoms with Crippen molar-refractivity contribution in [2.24, 2.45) is 5.41 Å². The summed E-state index contributed by atoms with van der Waals surface area (Å²) in [5.41, 5.74) is -0.553. The zero-order chi connectivity index (χ0) is 14.5. The van der Waals surface area contributed by atoms with E-state index in [9.17, 15) is 14.0 Å². The zero-order valence-electron chi connectivity index (χ0n) is 11.1. The molecule has 0 unspecified atom stereocenters. The van der Waals surface area contributed by atoms with E-state index in [-0.39, 0.29) is 18.9 Å². The summed E-state index contributed by atoms with van der Waals surface area (Å²) in [6.07, 6.45) is 0.283. The van der Waals surface area contributed by atoms with E-state index in [1.807, 2.05) is 0 Å². The number of carbonyl (C=O) groups excluding carboxylic acids is 1. The molecule has 1 aromatic rings. The van der Waals surface area contributed by atoms with E-state index in [0.29, 0.717) is 12.0 Å². The van der Waals surface area contributed by atoms with Gasteiger partial charge in [-0.25, -0.2) is 4.39 Å². The van der Waals surface area contributed by atoms with Crippen LogP contribution in [-0.2, 0) is 16.0 Å². The third kappa shape index (κ3) is 4.69. The molecule has 4 nitrogen and oxygen atoms in total. The van der Waals surface area contributed by atoms with Crippen LogP contribution in [0.5, 0.6) is 0 Å². The van der Waals surface area contributed by atoms with Gasteiger partial charge in [-0.1, -0.05) is 18.2 Å². The number of aliphatic carboxylic acids is 1. The van der Waals surface area contributed by atoms with Gasteiger partial charge in [0.25, 0.3) is 0 Å². The minimum absolute atomic E-state index is 0.0415. The lowest BCUT2D eigenvalue weighted by Crippen LogP contribution is -2.32. The Morgan fingerprint density at radius 2 is 1.95 bits per heavy atom. The lowest BCUT2D eigenvalue weighted by Gasteiger charge is -2.18. The highest BCUT2D eigenvalue weighted by atomic mass is 19.1. The van der Waals surface area contributed by atoms with Crippen LogP contribution in [0.3, 0.4) is 0 Å². The highest BCUT2D eigenvalue weighted by molar-refractivity contribution is 5.78. The monoisotopic (exact) mass is 267 g/mol. The van der Waals surface area contributed by atoms with Crippen molar-refractivity contribution in [3.8, 4) is 0 Å². The SMILES string of the molecule is CC(C)(CCNC(=O)Cc1ccccc1F)C(=O)O. The molecule has 0 bridgehead atoms. The number of hydrogen-bond donors (Lipinski definition) is 2. The molecule has 0 aliphatic carbocycles. The van der Waals surface area contributed by atoms with Crippen LogP contribution < -0.4 is 5.32 Å². The molecule has 1 amide bonds. The Morgan fingerprint density at radius 3 is 2.53 bits per heavy atom. The van der Waals surface area contributed by atoms with Crippen LogP contribution in [0.2, 0.25) is 0 Å². The Bertz CT molecular complexity index is 472. The first-order valence-corrected chi connectivity index (χ1v) is 6.06. The van der Waals surface area contributed by atoms with E-state index in [0.717, 1.165) is 0 Å². The van der Waals surface area contributed by atoms with Gasteiger partial charge in [0, 0.05) is 6.54 Å². The molecule has 1 rings (SSSR count). The molecule has 0 atom stereocenters. The summed E-state index contributed by atoms with van der Waals surface area (Å²) < 4.78 is 13.3. The zero-order valence-corrected chi connectivity index (χ0v) is 11.1. The summed E-state index contributed by atoms with van der Waals surface area (Å²) in [5.74, 6) is -1.63. The number of carboxylic acid groups (broad SMARTS) is 1. The molecular weight excluding hydrogens is 249 g/mol. The summed E-state index contributed by atoms with van der Waals surface area (Å²) in [6.45, 7) is 3.45.